The number of hydrogen-bond donors (Lipinski definition) is 1. The summed E-state index contributed by atoms with van der Waals surface area (Å²) in [5.74, 6) is 0. The number of fused-ring (bicyclic) bond motifs is 2. The van der Waals surface area contributed by atoms with Crippen molar-refractivity contribution in [2.24, 2.45) is 0 Å². The highest BCUT2D eigenvalue weighted by molar-refractivity contribution is 5.86. The summed E-state index contributed by atoms with van der Waals surface area (Å²) in [6.45, 7) is 8.68. The molecule has 0 saturated heterocycles. The van der Waals surface area contributed by atoms with Crippen LogP contribution in [0.5, 0.6) is 0 Å². The SMILES string of the molecule is CCN1CCCc2cccc(C=O)c21.CCN1CCCc2cccc(CO)c21. The summed E-state index contributed by atoms with van der Waals surface area (Å²) >= 11 is 0. The maximum absolute atomic E-state index is 10.9. The van der Waals surface area contributed by atoms with Gasteiger partial charge in [0.2, 0.25) is 0 Å². The summed E-state index contributed by atoms with van der Waals surface area (Å²) in [6, 6.07) is 12.2. The van der Waals surface area contributed by atoms with Crippen molar-refractivity contribution in [1.82, 2.24) is 0 Å². The van der Waals surface area contributed by atoms with Crippen molar-refractivity contribution in [3.63, 3.8) is 0 Å². The Bertz CT molecular complexity index is 789. The molecule has 4 nitrogen and oxygen atoms in total. The van der Waals surface area contributed by atoms with Gasteiger partial charge < -0.3 is 14.9 Å². The molecule has 0 aromatic heterocycles. The molecule has 0 amide bonds. The Hall–Kier alpha value is -2.33. The Morgan fingerprint density at radius 1 is 0.893 bits per heavy atom. The van der Waals surface area contributed by atoms with Gasteiger partial charge in [-0.1, -0.05) is 30.3 Å². The number of carbonyl (C=O) groups excluding carboxylic acids is 1. The molecule has 28 heavy (non-hydrogen) atoms. The Labute approximate surface area is 168 Å². The minimum Gasteiger partial charge on any atom is -0.392 e. The van der Waals surface area contributed by atoms with Crippen molar-refractivity contribution < 1.29 is 9.90 Å². The van der Waals surface area contributed by atoms with Crippen molar-refractivity contribution in [1.29, 1.82) is 0 Å². The van der Waals surface area contributed by atoms with E-state index in [1.165, 1.54) is 29.7 Å². The maximum atomic E-state index is 10.9. The van der Waals surface area contributed by atoms with Crippen molar-refractivity contribution >= 4 is 17.7 Å². The van der Waals surface area contributed by atoms with Gasteiger partial charge in [-0.3, -0.25) is 4.79 Å². The van der Waals surface area contributed by atoms with Gasteiger partial charge in [0, 0.05) is 43.0 Å². The largest absolute Gasteiger partial charge is 0.392 e. The van der Waals surface area contributed by atoms with Gasteiger partial charge in [-0.25, -0.2) is 0 Å². The van der Waals surface area contributed by atoms with E-state index >= 15 is 0 Å². The first-order valence-corrected chi connectivity index (χ1v) is 10.5. The molecule has 2 aromatic rings. The third kappa shape index (κ3) is 4.22. The summed E-state index contributed by atoms with van der Waals surface area (Å²) in [5, 5.41) is 9.28. The molecular weight excluding hydrogens is 348 g/mol. The third-order valence-corrected chi connectivity index (χ3v) is 5.80. The van der Waals surface area contributed by atoms with Gasteiger partial charge in [-0.05, 0) is 56.7 Å². The first-order chi connectivity index (χ1) is 13.7. The molecule has 0 atom stereocenters. The zero-order valence-electron chi connectivity index (χ0n) is 17.2. The number of para-hydroxylation sites is 2. The third-order valence-electron chi connectivity index (χ3n) is 5.80. The number of rotatable bonds is 4. The van der Waals surface area contributed by atoms with Gasteiger partial charge in [-0.15, -0.1) is 0 Å². The Balaban J connectivity index is 0.000000161. The Kier molecular flexibility index (Phi) is 7.10. The van der Waals surface area contributed by atoms with Crippen LogP contribution < -0.4 is 9.80 Å². The van der Waals surface area contributed by atoms with Crippen LogP contribution in [-0.2, 0) is 19.4 Å². The normalized spacial score (nSPS) is 15.2. The molecule has 1 N–H and O–H groups in total. The zero-order valence-corrected chi connectivity index (χ0v) is 17.2. The van der Waals surface area contributed by atoms with Gasteiger partial charge in [0.05, 0.1) is 12.3 Å². The Morgan fingerprint density at radius 2 is 1.46 bits per heavy atom. The van der Waals surface area contributed by atoms with E-state index in [0.717, 1.165) is 62.1 Å². The molecule has 0 bridgehead atoms. The molecule has 0 saturated carbocycles. The van der Waals surface area contributed by atoms with Crippen LogP contribution >= 0.6 is 0 Å². The van der Waals surface area contributed by atoms with Gasteiger partial charge in [0.1, 0.15) is 0 Å². The molecule has 4 rings (SSSR count). The average molecular weight is 381 g/mol. The van der Waals surface area contributed by atoms with Crippen LogP contribution in [0, 0.1) is 0 Å². The molecule has 150 valence electrons. The van der Waals surface area contributed by atoms with Crippen LogP contribution in [0.3, 0.4) is 0 Å². The molecule has 0 radical (unpaired) electrons. The lowest BCUT2D eigenvalue weighted by Gasteiger charge is -2.32. The van der Waals surface area contributed by atoms with Crippen molar-refractivity contribution in [2.45, 2.75) is 46.1 Å². The first-order valence-electron chi connectivity index (χ1n) is 10.5. The molecule has 0 fully saturated rings. The second kappa shape index (κ2) is 9.74. The van der Waals surface area contributed by atoms with Crippen LogP contribution in [0.1, 0.15) is 53.7 Å². The first kappa shape index (κ1) is 20.4. The van der Waals surface area contributed by atoms with Gasteiger partial charge in [0.25, 0.3) is 0 Å². The summed E-state index contributed by atoms with van der Waals surface area (Å²) in [6.07, 6.45) is 5.65. The number of anilines is 2. The smallest absolute Gasteiger partial charge is 0.152 e. The average Bonchev–Trinajstić information content (AvgIpc) is 2.77. The number of aldehydes is 1. The molecule has 0 aliphatic carbocycles. The number of aliphatic hydroxyl groups excluding tert-OH is 1. The fourth-order valence-electron chi connectivity index (χ4n) is 4.45. The summed E-state index contributed by atoms with van der Waals surface area (Å²) in [4.78, 5) is 15.6. The topological polar surface area (TPSA) is 43.8 Å². The van der Waals surface area contributed by atoms with E-state index in [0.29, 0.717) is 0 Å². The van der Waals surface area contributed by atoms with E-state index in [4.69, 9.17) is 0 Å². The van der Waals surface area contributed by atoms with Crippen LogP contribution in [0.4, 0.5) is 11.4 Å². The van der Waals surface area contributed by atoms with Gasteiger partial charge >= 0.3 is 0 Å². The minimum atomic E-state index is 0.152. The number of nitrogens with zero attached hydrogens (tertiary/aromatic N) is 2. The molecule has 2 heterocycles. The molecule has 0 spiro atoms. The molecule has 2 aliphatic heterocycles. The second-order valence-corrected chi connectivity index (χ2v) is 7.42. The molecule has 2 aromatic carbocycles. The van der Waals surface area contributed by atoms with Crippen LogP contribution in [0.25, 0.3) is 0 Å². The van der Waals surface area contributed by atoms with Crippen LogP contribution in [-0.4, -0.2) is 37.6 Å². The molecule has 2 aliphatic rings. The van der Waals surface area contributed by atoms with Gasteiger partial charge in [-0.2, -0.15) is 0 Å². The number of aliphatic hydroxyl groups is 1. The second-order valence-electron chi connectivity index (χ2n) is 7.42. The van der Waals surface area contributed by atoms with E-state index in [1.807, 2.05) is 24.3 Å². The van der Waals surface area contributed by atoms with Crippen molar-refractivity contribution in [3.8, 4) is 0 Å². The highest BCUT2D eigenvalue weighted by Gasteiger charge is 2.19. The van der Waals surface area contributed by atoms with Crippen molar-refractivity contribution in [3.05, 3.63) is 58.7 Å². The lowest BCUT2D eigenvalue weighted by molar-refractivity contribution is 0.112. The quantitative estimate of drug-likeness (QED) is 0.807. The van der Waals surface area contributed by atoms with Gasteiger partial charge in [0.15, 0.2) is 6.29 Å². The van der Waals surface area contributed by atoms with E-state index in [1.54, 1.807) is 0 Å². The van der Waals surface area contributed by atoms with Crippen LogP contribution in [0.15, 0.2) is 36.4 Å². The van der Waals surface area contributed by atoms with Crippen LogP contribution in [0.2, 0.25) is 0 Å². The number of hydrogen-bond acceptors (Lipinski definition) is 4. The Morgan fingerprint density at radius 3 is 2.04 bits per heavy atom. The lowest BCUT2D eigenvalue weighted by Crippen LogP contribution is -2.30. The molecule has 4 heteroatoms. The monoisotopic (exact) mass is 380 g/mol. The molecular formula is C24H32N2O2. The molecule has 0 unspecified atom stereocenters. The fraction of sp³-hybridized carbons (Fsp3) is 0.458. The lowest BCUT2D eigenvalue weighted by atomic mass is 9.98. The summed E-state index contributed by atoms with van der Waals surface area (Å²) in [5.41, 5.74) is 7.07. The number of carbonyl (C=O) groups is 1. The summed E-state index contributed by atoms with van der Waals surface area (Å²) < 4.78 is 0. The zero-order chi connectivity index (χ0) is 19.9. The van der Waals surface area contributed by atoms with E-state index in [9.17, 15) is 9.90 Å². The maximum Gasteiger partial charge on any atom is 0.152 e. The predicted molar refractivity (Wildman–Crippen MR) is 117 cm³/mol. The number of aryl methyl sites for hydroxylation is 2. The minimum absolute atomic E-state index is 0.152. The fourth-order valence-corrected chi connectivity index (χ4v) is 4.45. The van der Waals surface area contributed by atoms with E-state index in [-0.39, 0.29) is 6.61 Å². The number of benzene rings is 2. The highest BCUT2D eigenvalue weighted by Crippen LogP contribution is 2.31. The van der Waals surface area contributed by atoms with E-state index in [2.05, 4.69) is 35.8 Å². The van der Waals surface area contributed by atoms with Crippen molar-refractivity contribution in [2.75, 3.05) is 36.0 Å². The summed E-state index contributed by atoms with van der Waals surface area (Å²) in [7, 11) is 0. The van der Waals surface area contributed by atoms with E-state index < -0.39 is 0 Å². The standard InChI is InChI=1S/C12H17NO.C12H15NO/c2*1-2-13-8-4-7-10-5-3-6-11(9-14)12(10)13/h3,5-6,14H,2,4,7-9H2,1H3;3,5-6,9H,2,4,7-8H2,1H3. The highest BCUT2D eigenvalue weighted by atomic mass is 16.3. The predicted octanol–water partition coefficient (Wildman–Crippen LogP) is 4.22.